The first-order chi connectivity index (χ1) is 9.06. The van der Waals surface area contributed by atoms with Gasteiger partial charge in [-0.25, -0.2) is 9.97 Å². The van der Waals surface area contributed by atoms with Crippen molar-refractivity contribution < 1.29 is 0 Å². The fourth-order valence-electron chi connectivity index (χ4n) is 2.17. The minimum absolute atomic E-state index is 0.509. The fourth-order valence-corrected chi connectivity index (χ4v) is 3.69. The van der Waals surface area contributed by atoms with E-state index in [1.165, 1.54) is 28.8 Å². The van der Waals surface area contributed by atoms with E-state index in [2.05, 4.69) is 42.0 Å². The highest BCUT2D eigenvalue weighted by atomic mass is 35.5. The molecule has 0 bridgehead atoms. The molecule has 0 fully saturated rings. The average Bonchev–Trinajstić information content (AvgIpc) is 2.64. The summed E-state index contributed by atoms with van der Waals surface area (Å²) in [4.78, 5) is 8.61. The lowest BCUT2D eigenvalue weighted by atomic mass is 10.0. The van der Waals surface area contributed by atoms with Crippen LogP contribution in [0.1, 0.15) is 11.1 Å². The second-order valence-electron chi connectivity index (χ2n) is 4.47. The maximum absolute atomic E-state index is 6.15. The summed E-state index contributed by atoms with van der Waals surface area (Å²) >= 11 is 13.7. The number of aryl methyl sites for hydroxylation is 2. The smallest absolute Gasteiger partial charge is 0.116 e. The van der Waals surface area contributed by atoms with E-state index in [1.54, 1.807) is 0 Å². The van der Waals surface area contributed by atoms with Gasteiger partial charge in [-0.1, -0.05) is 40.4 Å². The Morgan fingerprint density at radius 1 is 1.00 bits per heavy atom. The van der Waals surface area contributed by atoms with Gasteiger partial charge in [-0.3, -0.25) is 0 Å². The number of benzene rings is 1. The van der Waals surface area contributed by atoms with Gasteiger partial charge in [-0.15, -0.1) is 11.3 Å². The minimum Gasteiger partial charge on any atom is -0.235 e. The molecule has 0 saturated heterocycles. The van der Waals surface area contributed by atoms with Gasteiger partial charge in [0.15, 0.2) is 0 Å². The third-order valence-corrected chi connectivity index (χ3v) is 4.84. The number of hydrogen-bond acceptors (Lipinski definition) is 3. The number of rotatable bonds is 1. The van der Waals surface area contributed by atoms with E-state index in [0.717, 1.165) is 21.5 Å². The summed E-state index contributed by atoms with van der Waals surface area (Å²) in [6.45, 7) is 4.15. The van der Waals surface area contributed by atoms with Crippen LogP contribution >= 0.6 is 34.5 Å². The van der Waals surface area contributed by atoms with Crippen LogP contribution in [0.5, 0.6) is 0 Å². The van der Waals surface area contributed by atoms with Gasteiger partial charge in [0.05, 0.1) is 15.4 Å². The molecule has 1 aromatic carbocycles. The zero-order valence-electron chi connectivity index (χ0n) is 10.4. The summed E-state index contributed by atoms with van der Waals surface area (Å²) in [7, 11) is 0. The van der Waals surface area contributed by atoms with Crippen LogP contribution < -0.4 is 0 Å². The molecule has 0 saturated carbocycles. The van der Waals surface area contributed by atoms with Crippen molar-refractivity contribution in [1.29, 1.82) is 0 Å². The van der Waals surface area contributed by atoms with Crippen molar-refractivity contribution in [2.45, 2.75) is 13.8 Å². The van der Waals surface area contributed by atoms with Crippen LogP contribution in [0, 0.1) is 13.8 Å². The average molecular weight is 309 g/mol. The maximum atomic E-state index is 6.15. The molecule has 0 aliphatic rings. The van der Waals surface area contributed by atoms with Crippen molar-refractivity contribution in [3.05, 3.63) is 45.0 Å². The lowest BCUT2D eigenvalue weighted by Gasteiger charge is -2.05. The molecule has 2 nitrogen and oxygen atoms in total. The summed E-state index contributed by atoms with van der Waals surface area (Å²) in [5.74, 6) is 0. The molecule has 2 heterocycles. The molecule has 96 valence electrons. The first-order valence-electron chi connectivity index (χ1n) is 5.73. The molecule has 0 amide bonds. The number of halogens is 2. The molecule has 19 heavy (non-hydrogen) atoms. The van der Waals surface area contributed by atoms with E-state index >= 15 is 0 Å². The Balaban J connectivity index is 2.33. The number of thiophene rings is 1. The lowest BCUT2D eigenvalue weighted by Crippen LogP contribution is -1.88. The zero-order chi connectivity index (χ0) is 13.6. The summed E-state index contributed by atoms with van der Waals surface area (Å²) in [5.41, 5.74) is 5.09. The van der Waals surface area contributed by atoms with E-state index in [4.69, 9.17) is 23.2 Å². The van der Waals surface area contributed by atoms with Crippen LogP contribution in [0.2, 0.25) is 9.36 Å². The highest BCUT2D eigenvalue weighted by Gasteiger charge is 2.15. The van der Waals surface area contributed by atoms with E-state index in [1.807, 2.05) is 0 Å². The van der Waals surface area contributed by atoms with Crippen LogP contribution in [0.3, 0.4) is 0 Å². The number of fused-ring (bicyclic) bond motifs is 1. The molecular weight excluding hydrogens is 299 g/mol. The Kier molecular flexibility index (Phi) is 3.21. The fraction of sp³-hybridized carbons (Fsp3) is 0.143. The van der Waals surface area contributed by atoms with E-state index in [0.29, 0.717) is 9.36 Å². The van der Waals surface area contributed by atoms with Crippen molar-refractivity contribution in [2.75, 3.05) is 0 Å². The third kappa shape index (κ3) is 2.22. The molecule has 0 aliphatic carbocycles. The molecule has 0 N–H and O–H groups in total. The quantitative estimate of drug-likeness (QED) is 0.611. The Bertz CT molecular complexity index is 760. The van der Waals surface area contributed by atoms with Crippen LogP contribution in [0.15, 0.2) is 24.5 Å². The predicted octanol–water partition coefficient (Wildman–Crippen LogP) is 5.28. The Morgan fingerprint density at radius 3 is 2.37 bits per heavy atom. The molecule has 5 heteroatoms. The normalized spacial score (nSPS) is 11.2. The Morgan fingerprint density at radius 2 is 1.68 bits per heavy atom. The first-order valence-corrected chi connectivity index (χ1v) is 7.30. The van der Waals surface area contributed by atoms with Gasteiger partial charge in [0.1, 0.15) is 16.2 Å². The zero-order valence-corrected chi connectivity index (χ0v) is 12.7. The summed E-state index contributed by atoms with van der Waals surface area (Å²) in [6, 6.07) is 6.35. The SMILES string of the molecule is Cc1cc(C)cc(-c2ncnc3c(Cl)c(Cl)sc23)c1. The third-order valence-electron chi connectivity index (χ3n) is 2.87. The summed E-state index contributed by atoms with van der Waals surface area (Å²) in [5, 5.41) is 0.509. The van der Waals surface area contributed by atoms with Crippen molar-refractivity contribution in [2.24, 2.45) is 0 Å². The van der Waals surface area contributed by atoms with Crippen LogP contribution in [-0.2, 0) is 0 Å². The predicted molar refractivity (Wildman–Crippen MR) is 82.3 cm³/mol. The first kappa shape index (κ1) is 12.9. The van der Waals surface area contributed by atoms with E-state index in [-0.39, 0.29) is 0 Å². The van der Waals surface area contributed by atoms with Crippen molar-refractivity contribution in [3.63, 3.8) is 0 Å². The van der Waals surface area contributed by atoms with E-state index in [9.17, 15) is 0 Å². The monoisotopic (exact) mass is 308 g/mol. The second-order valence-corrected chi connectivity index (χ2v) is 6.47. The van der Waals surface area contributed by atoms with Gasteiger partial charge in [0.2, 0.25) is 0 Å². The second kappa shape index (κ2) is 4.75. The van der Waals surface area contributed by atoms with Gasteiger partial charge < -0.3 is 0 Å². The topological polar surface area (TPSA) is 25.8 Å². The van der Waals surface area contributed by atoms with Crippen molar-refractivity contribution >= 4 is 44.8 Å². The highest BCUT2D eigenvalue weighted by Crippen LogP contribution is 2.41. The summed E-state index contributed by atoms with van der Waals surface area (Å²) in [6.07, 6.45) is 1.53. The van der Waals surface area contributed by atoms with Gasteiger partial charge in [0, 0.05) is 5.56 Å². The maximum Gasteiger partial charge on any atom is 0.116 e. The van der Waals surface area contributed by atoms with E-state index < -0.39 is 0 Å². The number of nitrogens with zero attached hydrogens (tertiary/aromatic N) is 2. The van der Waals surface area contributed by atoms with Crippen LogP contribution in [0.4, 0.5) is 0 Å². The van der Waals surface area contributed by atoms with Gasteiger partial charge in [-0.2, -0.15) is 0 Å². The molecule has 3 aromatic rings. The number of hydrogen-bond donors (Lipinski definition) is 0. The lowest BCUT2D eigenvalue weighted by molar-refractivity contribution is 1.23. The molecule has 0 radical (unpaired) electrons. The minimum atomic E-state index is 0.509. The largest absolute Gasteiger partial charge is 0.235 e. The molecule has 2 aromatic heterocycles. The van der Waals surface area contributed by atoms with Gasteiger partial charge in [-0.05, 0) is 26.0 Å². The molecular formula is C14H10Cl2N2S. The number of aromatic nitrogens is 2. The molecule has 0 spiro atoms. The summed E-state index contributed by atoms with van der Waals surface area (Å²) < 4.78 is 1.49. The van der Waals surface area contributed by atoms with Gasteiger partial charge in [0.25, 0.3) is 0 Å². The molecule has 0 unspecified atom stereocenters. The molecule has 3 rings (SSSR count). The highest BCUT2D eigenvalue weighted by molar-refractivity contribution is 7.24. The standard InChI is InChI=1S/C14H10Cl2N2S/c1-7-3-8(2)5-9(4-7)11-13-12(18-6-17-11)10(15)14(16)19-13/h3-6H,1-2H3. The van der Waals surface area contributed by atoms with Crippen LogP contribution in [-0.4, -0.2) is 9.97 Å². The van der Waals surface area contributed by atoms with Crippen LogP contribution in [0.25, 0.3) is 21.5 Å². The Hall–Kier alpha value is -1.16. The molecule has 0 aliphatic heterocycles. The van der Waals surface area contributed by atoms with Crippen molar-refractivity contribution in [1.82, 2.24) is 9.97 Å². The van der Waals surface area contributed by atoms with Gasteiger partial charge >= 0.3 is 0 Å². The Labute approximate surface area is 125 Å². The van der Waals surface area contributed by atoms with Crippen molar-refractivity contribution in [3.8, 4) is 11.3 Å². The molecule has 0 atom stereocenters.